The molecule has 0 saturated carbocycles. The monoisotopic (exact) mass is 338 g/mol. The molecule has 1 heterocycles. The third-order valence-electron chi connectivity index (χ3n) is 4.26. The van der Waals surface area contributed by atoms with E-state index in [1.807, 2.05) is 0 Å². The van der Waals surface area contributed by atoms with Gasteiger partial charge in [0.15, 0.2) is 0 Å². The lowest BCUT2D eigenvalue weighted by Crippen LogP contribution is -2.59. The maximum absolute atomic E-state index is 3.70. The second-order valence-corrected chi connectivity index (χ2v) is 7.87. The molecule has 0 amide bonds. The number of nitrogens with one attached hydrogen (secondary N) is 1. The Morgan fingerprint density at radius 3 is 2.70 bits per heavy atom. The number of hydrogen-bond donors (Lipinski definition) is 1. The van der Waals surface area contributed by atoms with Gasteiger partial charge in [-0.1, -0.05) is 55.8 Å². The fourth-order valence-corrected chi connectivity index (χ4v) is 3.50. The molecule has 0 aromatic heterocycles. The van der Waals surface area contributed by atoms with Crippen molar-refractivity contribution < 1.29 is 0 Å². The Morgan fingerprint density at radius 1 is 1.35 bits per heavy atom. The van der Waals surface area contributed by atoms with E-state index in [1.165, 1.54) is 16.5 Å². The summed E-state index contributed by atoms with van der Waals surface area (Å²) in [4.78, 5) is 2.66. The largest absolute Gasteiger partial charge is 0.311 e. The van der Waals surface area contributed by atoms with Gasteiger partial charge in [0.05, 0.1) is 0 Å². The SMILES string of the molecule is CCC1CN(Cc2cccc(Br)c2)C(C(C)(C)C)CN1. The van der Waals surface area contributed by atoms with Crippen molar-refractivity contribution in [2.45, 2.75) is 52.7 Å². The van der Waals surface area contributed by atoms with Crippen molar-refractivity contribution >= 4 is 15.9 Å². The van der Waals surface area contributed by atoms with Gasteiger partial charge in [0.1, 0.15) is 0 Å². The summed E-state index contributed by atoms with van der Waals surface area (Å²) in [6.07, 6.45) is 1.20. The Hall–Kier alpha value is -0.380. The molecule has 1 saturated heterocycles. The van der Waals surface area contributed by atoms with Gasteiger partial charge in [-0.2, -0.15) is 0 Å². The zero-order valence-electron chi connectivity index (χ0n) is 13.1. The van der Waals surface area contributed by atoms with Crippen LogP contribution in [0, 0.1) is 5.41 Å². The summed E-state index contributed by atoms with van der Waals surface area (Å²) in [6.45, 7) is 12.6. The van der Waals surface area contributed by atoms with Crippen molar-refractivity contribution in [1.29, 1.82) is 0 Å². The van der Waals surface area contributed by atoms with Gasteiger partial charge in [-0.25, -0.2) is 0 Å². The normalized spacial score (nSPS) is 24.9. The quantitative estimate of drug-likeness (QED) is 0.894. The predicted octanol–water partition coefficient (Wildman–Crippen LogP) is 4.05. The highest BCUT2D eigenvalue weighted by Crippen LogP contribution is 2.28. The zero-order chi connectivity index (χ0) is 14.8. The van der Waals surface area contributed by atoms with Gasteiger partial charge in [-0.3, -0.25) is 4.90 Å². The third kappa shape index (κ3) is 4.06. The van der Waals surface area contributed by atoms with Gasteiger partial charge in [0, 0.05) is 36.2 Å². The van der Waals surface area contributed by atoms with E-state index >= 15 is 0 Å². The van der Waals surface area contributed by atoms with E-state index in [2.05, 4.69) is 78.1 Å². The topological polar surface area (TPSA) is 15.3 Å². The molecule has 1 N–H and O–H groups in total. The summed E-state index contributed by atoms with van der Waals surface area (Å²) >= 11 is 3.58. The van der Waals surface area contributed by atoms with E-state index in [4.69, 9.17) is 0 Å². The lowest BCUT2D eigenvalue weighted by atomic mass is 9.83. The number of benzene rings is 1. The molecule has 1 aliphatic heterocycles. The molecule has 1 aliphatic rings. The number of nitrogens with zero attached hydrogens (tertiary/aromatic N) is 1. The van der Waals surface area contributed by atoms with Crippen molar-refractivity contribution in [3.05, 3.63) is 34.3 Å². The Balaban J connectivity index is 2.14. The van der Waals surface area contributed by atoms with Crippen LogP contribution >= 0.6 is 15.9 Å². The fraction of sp³-hybridized carbons (Fsp3) is 0.647. The predicted molar refractivity (Wildman–Crippen MR) is 89.9 cm³/mol. The van der Waals surface area contributed by atoms with Gasteiger partial charge in [0.2, 0.25) is 0 Å². The highest BCUT2D eigenvalue weighted by Gasteiger charge is 2.34. The Kier molecular flexibility index (Phi) is 5.27. The van der Waals surface area contributed by atoms with Crippen molar-refractivity contribution in [2.75, 3.05) is 13.1 Å². The number of rotatable bonds is 3. The maximum Gasteiger partial charge on any atom is 0.0273 e. The molecular formula is C17H27BrN2. The van der Waals surface area contributed by atoms with Crippen LogP contribution in [0.2, 0.25) is 0 Å². The van der Waals surface area contributed by atoms with Crippen LogP contribution in [-0.4, -0.2) is 30.1 Å². The molecule has 1 fully saturated rings. The van der Waals surface area contributed by atoms with Gasteiger partial charge in [0.25, 0.3) is 0 Å². The maximum atomic E-state index is 3.70. The highest BCUT2D eigenvalue weighted by molar-refractivity contribution is 9.10. The first kappa shape index (κ1) is 16.0. The molecule has 2 rings (SSSR count). The lowest BCUT2D eigenvalue weighted by molar-refractivity contribution is 0.0485. The van der Waals surface area contributed by atoms with Gasteiger partial charge in [-0.05, 0) is 29.5 Å². The van der Waals surface area contributed by atoms with Crippen LogP contribution < -0.4 is 5.32 Å². The van der Waals surface area contributed by atoms with E-state index in [9.17, 15) is 0 Å². The number of piperazine rings is 1. The third-order valence-corrected chi connectivity index (χ3v) is 4.76. The highest BCUT2D eigenvalue weighted by atomic mass is 79.9. The average molecular weight is 339 g/mol. The standard InChI is InChI=1S/C17H27BrN2/c1-5-15-12-20(16(10-19-15)17(2,3)4)11-13-7-6-8-14(18)9-13/h6-9,15-16,19H,5,10-12H2,1-4H3. The second kappa shape index (κ2) is 6.59. The summed E-state index contributed by atoms with van der Waals surface area (Å²) < 4.78 is 1.17. The summed E-state index contributed by atoms with van der Waals surface area (Å²) in [5, 5.41) is 3.70. The smallest absolute Gasteiger partial charge is 0.0273 e. The summed E-state index contributed by atoms with van der Waals surface area (Å²) in [7, 11) is 0. The molecule has 20 heavy (non-hydrogen) atoms. The molecule has 0 spiro atoms. The summed E-state index contributed by atoms with van der Waals surface area (Å²) in [5.74, 6) is 0. The summed E-state index contributed by atoms with van der Waals surface area (Å²) in [5.41, 5.74) is 1.70. The molecule has 1 aromatic carbocycles. The van der Waals surface area contributed by atoms with Crippen molar-refractivity contribution in [3.8, 4) is 0 Å². The van der Waals surface area contributed by atoms with Crippen LogP contribution in [0.4, 0.5) is 0 Å². The molecule has 0 aliphatic carbocycles. The molecule has 2 unspecified atom stereocenters. The first-order chi connectivity index (χ1) is 9.40. The molecule has 0 bridgehead atoms. The molecule has 2 atom stereocenters. The van der Waals surface area contributed by atoms with E-state index in [-0.39, 0.29) is 0 Å². The van der Waals surface area contributed by atoms with Crippen LogP contribution in [0.25, 0.3) is 0 Å². The van der Waals surface area contributed by atoms with Crippen molar-refractivity contribution in [2.24, 2.45) is 5.41 Å². The minimum Gasteiger partial charge on any atom is -0.311 e. The Morgan fingerprint density at radius 2 is 2.10 bits per heavy atom. The van der Waals surface area contributed by atoms with Crippen LogP contribution in [0.5, 0.6) is 0 Å². The van der Waals surface area contributed by atoms with Crippen LogP contribution in [0.1, 0.15) is 39.7 Å². The Labute approximate surface area is 132 Å². The molecular weight excluding hydrogens is 312 g/mol. The molecule has 112 valence electrons. The summed E-state index contributed by atoms with van der Waals surface area (Å²) in [6, 6.07) is 9.91. The van der Waals surface area contributed by atoms with E-state index in [0.717, 1.165) is 19.6 Å². The minimum atomic E-state index is 0.303. The van der Waals surface area contributed by atoms with E-state index < -0.39 is 0 Å². The van der Waals surface area contributed by atoms with Crippen LogP contribution in [0.3, 0.4) is 0 Å². The van der Waals surface area contributed by atoms with Crippen molar-refractivity contribution in [3.63, 3.8) is 0 Å². The first-order valence-electron chi connectivity index (χ1n) is 7.62. The first-order valence-corrected chi connectivity index (χ1v) is 8.41. The number of halogens is 1. The average Bonchev–Trinajstić information content (AvgIpc) is 2.37. The van der Waals surface area contributed by atoms with Gasteiger partial charge < -0.3 is 5.32 Å². The molecule has 3 heteroatoms. The van der Waals surface area contributed by atoms with Crippen LogP contribution in [-0.2, 0) is 6.54 Å². The molecule has 0 radical (unpaired) electrons. The van der Waals surface area contributed by atoms with Crippen LogP contribution in [0.15, 0.2) is 28.7 Å². The Bertz CT molecular complexity index is 439. The second-order valence-electron chi connectivity index (χ2n) is 6.95. The van der Waals surface area contributed by atoms with Gasteiger partial charge in [-0.15, -0.1) is 0 Å². The van der Waals surface area contributed by atoms with E-state index in [0.29, 0.717) is 17.5 Å². The number of hydrogen-bond acceptors (Lipinski definition) is 2. The molecule has 2 nitrogen and oxygen atoms in total. The van der Waals surface area contributed by atoms with Gasteiger partial charge >= 0.3 is 0 Å². The molecule has 1 aromatic rings. The van der Waals surface area contributed by atoms with E-state index in [1.54, 1.807) is 0 Å². The van der Waals surface area contributed by atoms with Crippen molar-refractivity contribution in [1.82, 2.24) is 10.2 Å². The fourth-order valence-electron chi connectivity index (χ4n) is 3.05. The minimum absolute atomic E-state index is 0.303. The lowest BCUT2D eigenvalue weighted by Gasteiger charge is -2.46. The zero-order valence-corrected chi connectivity index (χ0v) is 14.7.